The molecule has 0 spiro atoms. The predicted molar refractivity (Wildman–Crippen MR) is 66.7 cm³/mol. The molecular weight excluding hydrogens is 269 g/mol. The zero-order valence-electron chi connectivity index (χ0n) is 10.7. The number of hydrogen-bond acceptors (Lipinski definition) is 2. The first kappa shape index (κ1) is 14.4. The van der Waals surface area contributed by atoms with E-state index in [1.54, 1.807) is 0 Å². The number of terminal acetylenes is 1. The monoisotopic (exact) mass is 282 g/mol. The number of hydrogen-bond donors (Lipinski definition) is 0. The molecule has 106 valence electrons. The zero-order valence-corrected chi connectivity index (χ0v) is 10.7. The van der Waals surface area contributed by atoms with Gasteiger partial charge in [-0.1, -0.05) is 5.92 Å². The number of pyridine rings is 1. The van der Waals surface area contributed by atoms with Gasteiger partial charge < -0.3 is 4.90 Å². The molecular formula is C14H13F3N2O. The fourth-order valence-electron chi connectivity index (χ4n) is 1.81. The molecule has 1 amide bonds. The smallest absolute Gasteiger partial charge is 0.327 e. The van der Waals surface area contributed by atoms with Crippen molar-refractivity contribution in [1.82, 2.24) is 9.88 Å². The van der Waals surface area contributed by atoms with Crippen molar-refractivity contribution >= 4 is 5.91 Å². The van der Waals surface area contributed by atoms with Crippen LogP contribution >= 0.6 is 0 Å². The number of aromatic nitrogens is 1. The van der Waals surface area contributed by atoms with Crippen molar-refractivity contribution in [2.45, 2.75) is 19.0 Å². The summed E-state index contributed by atoms with van der Waals surface area (Å²) in [5.41, 5.74) is -0.895. The molecule has 0 unspecified atom stereocenters. The Morgan fingerprint density at radius 2 is 2.15 bits per heavy atom. The molecule has 2 rings (SSSR count). The number of amides is 1. The average molecular weight is 282 g/mol. The van der Waals surface area contributed by atoms with Crippen LogP contribution in [0.25, 0.3) is 0 Å². The van der Waals surface area contributed by atoms with Crippen molar-refractivity contribution < 1.29 is 18.0 Å². The van der Waals surface area contributed by atoms with Gasteiger partial charge in [0.15, 0.2) is 0 Å². The van der Waals surface area contributed by atoms with E-state index in [4.69, 9.17) is 6.42 Å². The van der Waals surface area contributed by atoms with Gasteiger partial charge in [0.2, 0.25) is 0 Å². The molecule has 6 heteroatoms. The fraction of sp³-hybridized carbons (Fsp3) is 0.429. The molecule has 0 N–H and O–H groups in total. The van der Waals surface area contributed by atoms with Gasteiger partial charge in [0.25, 0.3) is 5.91 Å². The van der Waals surface area contributed by atoms with Crippen LogP contribution in [0.4, 0.5) is 13.2 Å². The molecule has 1 aliphatic rings. The van der Waals surface area contributed by atoms with Crippen molar-refractivity contribution in [2.24, 2.45) is 5.92 Å². The third-order valence-electron chi connectivity index (χ3n) is 3.05. The number of carbonyl (C=O) groups is 1. The second kappa shape index (κ2) is 5.53. The molecule has 20 heavy (non-hydrogen) atoms. The highest BCUT2D eigenvalue weighted by Crippen LogP contribution is 2.30. The van der Waals surface area contributed by atoms with Crippen molar-refractivity contribution in [2.75, 3.05) is 13.1 Å². The van der Waals surface area contributed by atoms with Gasteiger partial charge in [0.1, 0.15) is 5.69 Å². The van der Waals surface area contributed by atoms with E-state index >= 15 is 0 Å². The van der Waals surface area contributed by atoms with Gasteiger partial charge in [0.05, 0.1) is 12.1 Å². The van der Waals surface area contributed by atoms with Crippen molar-refractivity contribution in [3.05, 3.63) is 29.6 Å². The summed E-state index contributed by atoms with van der Waals surface area (Å²) in [6, 6.07) is 1.94. The molecule has 0 radical (unpaired) electrons. The summed E-state index contributed by atoms with van der Waals surface area (Å²) in [5, 5.41) is 0. The molecule has 1 aromatic heterocycles. The van der Waals surface area contributed by atoms with Crippen molar-refractivity contribution in [3.8, 4) is 12.3 Å². The normalized spacial score (nSPS) is 14.7. The number of alkyl halides is 3. The second-order valence-corrected chi connectivity index (χ2v) is 4.76. The van der Waals surface area contributed by atoms with Crippen LogP contribution in [0.5, 0.6) is 0 Å². The van der Waals surface area contributed by atoms with Crippen LogP contribution in [-0.4, -0.2) is 28.9 Å². The van der Waals surface area contributed by atoms with Crippen LogP contribution in [0.3, 0.4) is 0 Å². The van der Waals surface area contributed by atoms with E-state index in [0.717, 1.165) is 31.2 Å². The Morgan fingerprint density at radius 3 is 2.60 bits per heavy atom. The van der Waals surface area contributed by atoms with Crippen LogP contribution < -0.4 is 0 Å². The molecule has 1 saturated carbocycles. The first-order chi connectivity index (χ1) is 9.41. The van der Waals surface area contributed by atoms with Crippen LogP contribution in [-0.2, 0) is 6.18 Å². The average Bonchev–Trinajstić information content (AvgIpc) is 3.20. The summed E-state index contributed by atoms with van der Waals surface area (Å²) in [5.74, 6) is 2.47. The summed E-state index contributed by atoms with van der Waals surface area (Å²) in [6.45, 7) is 0.695. The minimum atomic E-state index is -4.51. The van der Waals surface area contributed by atoms with Gasteiger partial charge >= 0.3 is 6.18 Å². The quantitative estimate of drug-likeness (QED) is 0.795. The van der Waals surface area contributed by atoms with Crippen molar-refractivity contribution in [1.29, 1.82) is 0 Å². The summed E-state index contributed by atoms with van der Waals surface area (Å²) >= 11 is 0. The Labute approximate surface area is 114 Å². The maximum absolute atomic E-state index is 12.4. The third-order valence-corrected chi connectivity index (χ3v) is 3.05. The zero-order chi connectivity index (χ0) is 14.8. The molecule has 1 fully saturated rings. The summed E-state index contributed by atoms with van der Waals surface area (Å²) in [7, 11) is 0. The van der Waals surface area contributed by atoms with E-state index in [-0.39, 0.29) is 18.0 Å². The highest BCUT2D eigenvalue weighted by molar-refractivity contribution is 5.94. The lowest BCUT2D eigenvalue weighted by atomic mass is 10.2. The van der Waals surface area contributed by atoms with Crippen LogP contribution in [0.1, 0.15) is 28.9 Å². The van der Waals surface area contributed by atoms with Gasteiger partial charge in [-0.3, -0.25) is 9.78 Å². The third kappa shape index (κ3) is 3.50. The summed E-state index contributed by atoms with van der Waals surface area (Å²) < 4.78 is 37.2. The molecule has 1 aliphatic carbocycles. The lowest BCUT2D eigenvalue weighted by Crippen LogP contribution is -2.33. The maximum atomic E-state index is 12.4. The number of nitrogens with zero attached hydrogens (tertiary/aromatic N) is 2. The lowest BCUT2D eigenvalue weighted by molar-refractivity contribution is -0.141. The SMILES string of the molecule is C#CCN(CC1CC1)C(=O)c1ccc(C(F)(F)F)nc1. The van der Waals surface area contributed by atoms with Gasteiger partial charge in [-0.15, -0.1) is 6.42 Å². The van der Waals surface area contributed by atoms with E-state index in [9.17, 15) is 18.0 Å². The Bertz CT molecular complexity index is 527. The fourth-order valence-corrected chi connectivity index (χ4v) is 1.81. The molecule has 0 atom stereocenters. The first-order valence-corrected chi connectivity index (χ1v) is 6.18. The lowest BCUT2D eigenvalue weighted by Gasteiger charge is -2.20. The van der Waals surface area contributed by atoms with Gasteiger partial charge in [0, 0.05) is 12.7 Å². The molecule has 1 aromatic rings. The van der Waals surface area contributed by atoms with E-state index in [0.29, 0.717) is 12.5 Å². The maximum Gasteiger partial charge on any atom is 0.433 e. The minimum absolute atomic E-state index is 0.119. The van der Waals surface area contributed by atoms with Gasteiger partial charge in [-0.2, -0.15) is 13.2 Å². The Kier molecular flexibility index (Phi) is 3.98. The summed E-state index contributed by atoms with van der Waals surface area (Å²) in [4.78, 5) is 16.9. The molecule has 1 heterocycles. The largest absolute Gasteiger partial charge is 0.433 e. The molecule has 0 aromatic carbocycles. The molecule has 0 aliphatic heterocycles. The Balaban J connectivity index is 2.12. The van der Waals surface area contributed by atoms with Crippen molar-refractivity contribution in [3.63, 3.8) is 0 Å². The second-order valence-electron chi connectivity index (χ2n) is 4.76. The van der Waals surface area contributed by atoms with Gasteiger partial charge in [-0.05, 0) is 30.9 Å². The van der Waals surface area contributed by atoms with E-state index in [1.165, 1.54) is 4.90 Å². The Morgan fingerprint density at radius 1 is 1.45 bits per heavy atom. The molecule has 0 saturated heterocycles. The molecule has 3 nitrogen and oxygen atoms in total. The van der Waals surface area contributed by atoms with Gasteiger partial charge in [-0.25, -0.2) is 0 Å². The summed E-state index contributed by atoms with van der Waals surface area (Å²) in [6.07, 6.45) is 3.76. The topological polar surface area (TPSA) is 33.2 Å². The van der Waals surface area contributed by atoms with Crippen LogP contribution in [0.15, 0.2) is 18.3 Å². The first-order valence-electron chi connectivity index (χ1n) is 6.18. The van der Waals surface area contributed by atoms with E-state index in [2.05, 4.69) is 10.9 Å². The number of carbonyl (C=O) groups excluding carboxylic acids is 1. The van der Waals surface area contributed by atoms with E-state index < -0.39 is 11.9 Å². The Hall–Kier alpha value is -2.03. The highest BCUT2D eigenvalue weighted by atomic mass is 19.4. The predicted octanol–water partition coefficient (Wildman–Crippen LogP) is 2.59. The minimum Gasteiger partial charge on any atom is -0.327 e. The highest BCUT2D eigenvalue weighted by Gasteiger charge is 2.33. The van der Waals surface area contributed by atoms with E-state index in [1.807, 2.05) is 0 Å². The number of rotatable bonds is 4. The molecule has 0 bridgehead atoms. The van der Waals surface area contributed by atoms with Crippen LogP contribution in [0, 0.1) is 18.3 Å². The number of halogens is 3. The standard InChI is InChI=1S/C14H13F3N2O/c1-2-7-19(9-10-3-4-10)13(20)11-5-6-12(18-8-11)14(15,16)17/h1,5-6,8,10H,3-4,7,9H2. The van der Waals surface area contributed by atoms with Crippen LogP contribution in [0.2, 0.25) is 0 Å².